The molecule has 2 N–H and O–H groups in total. The van der Waals surface area contributed by atoms with Crippen molar-refractivity contribution in [1.29, 1.82) is 0 Å². The van der Waals surface area contributed by atoms with Gasteiger partial charge < -0.3 is 5.73 Å². The van der Waals surface area contributed by atoms with Gasteiger partial charge in [0.15, 0.2) is 0 Å². The van der Waals surface area contributed by atoms with Crippen LogP contribution in [-0.4, -0.2) is 25.2 Å². The molecule has 3 aromatic carbocycles. The van der Waals surface area contributed by atoms with E-state index in [-0.39, 0.29) is 17.9 Å². The van der Waals surface area contributed by atoms with E-state index in [0.29, 0.717) is 21.7 Å². The number of hydrogen-bond acceptors (Lipinski definition) is 3. The number of hydrogen-bond donors (Lipinski definition) is 1. The number of aryl methyl sites for hydroxylation is 1. The average Bonchev–Trinajstić information content (AvgIpc) is 2.74. The van der Waals surface area contributed by atoms with E-state index in [1.807, 2.05) is 0 Å². The van der Waals surface area contributed by atoms with Gasteiger partial charge in [0, 0.05) is 11.6 Å². The van der Waals surface area contributed by atoms with Crippen LogP contribution in [0.1, 0.15) is 22.7 Å². The normalized spacial score (nSPS) is 12.6. The van der Waals surface area contributed by atoms with Crippen molar-refractivity contribution < 1.29 is 17.6 Å². The molecule has 1 amide bonds. The number of sulfonamides is 1. The van der Waals surface area contributed by atoms with Gasteiger partial charge in [0.05, 0.1) is 4.90 Å². The summed E-state index contributed by atoms with van der Waals surface area (Å²) in [6.45, 7) is 1.49. The Morgan fingerprint density at radius 3 is 2.29 bits per heavy atom. The molecule has 162 valence electrons. The molecule has 0 bridgehead atoms. The number of primary amides is 1. The first kappa shape index (κ1) is 22.9. The molecule has 0 aromatic heterocycles. The minimum absolute atomic E-state index is 0.0382. The molecule has 3 aromatic rings. The first-order chi connectivity index (χ1) is 14.7. The average molecular weight is 461 g/mol. The predicted molar refractivity (Wildman–Crippen MR) is 119 cm³/mol. The van der Waals surface area contributed by atoms with E-state index in [1.165, 1.54) is 24.3 Å². The highest BCUT2D eigenvalue weighted by Gasteiger charge is 2.36. The maximum absolute atomic E-state index is 14.5. The minimum Gasteiger partial charge on any atom is -0.368 e. The summed E-state index contributed by atoms with van der Waals surface area (Å²) >= 11 is 5.90. The molecule has 0 aliphatic heterocycles. The number of benzene rings is 3. The van der Waals surface area contributed by atoms with Gasteiger partial charge in [0.2, 0.25) is 15.9 Å². The first-order valence-corrected chi connectivity index (χ1v) is 11.4. The molecule has 0 saturated carbocycles. The van der Waals surface area contributed by atoms with Crippen LogP contribution >= 0.6 is 11.6 Å². The first-order valence-electron chi connectivity index (χ1n) is 9.57. The highest BCUT2D eigenvalue weighted by molar-refractivity contribution is 7.89. The molecule has 0 spiro atoms. The van der Waals surface area contributed by atoms with Crippen LogP contribution in [0.2, 0.25) is 5.02 Å². The van der Waals surface area contributed by atoms with Crippen molar-refractivity contribution >= 4 is 27.5 Å². The Hall–Kier alpha value is -2.74. The lowest BCUT2D eigenvalue weighted by Crippen LogP contribution is -2.42. The third kappa shape index (κ3) is 5.12. The van der Waals surface area contributed by atoms with Crippen molar-refractivity contribution in [3.8, 4) is 0 Å². The summed E-state index contributed by atoms with van der Waals surface area (Å²) in [6.07, 6.45) is 0.0664. The van der Waals surface area contributed by atoms with Crippen molar-refractivity contribution in [1.82, 2.24) is 4.31 Å². The van der Waals surface area contributed by atoms with Gasteiger partial charge >= 0.3 is 0 Å². The maximum Gasteiger partial charge on any atom is 0.244 e. The van der Waals surface area contributed by atoms with E-state index in [1.54, 1.807) is 55.5 Å². The van der Waals surface area contributed by atoms with Gasteiger partial charge in [-0.1, -0.05) is 60.1 Å². The highest BCUT2D eigenvalue weighted by Crippen LogP contribution is 2.29. The van der Waals surface area contributed by atoms with Crippen LogP contribution in [0.3, 0.4) is 0 Å². The number of carbonyl (C=O) groups is 1. The van der Waals surface area contributed by atoms with Gasteiger partial charge in [-0.05, 0) is 54.3 Å². The van der Waals surface area contributed by atoms with Crippen LogP contribution in [0.4, 0.5) is 4.39 Å². The molecular weight excluding hydrogens is 439 g/mol. The second kappa shape index (κ2) is 9.60. The molecule has 5 nitrogen and oxygen atoms in total. The maximum atomic E-state index is 14.5. The molecular formula is C23H22ClFN2O3S. The molecule has 0 aliphatic carbocycles. The van der Waals surface area contributed by atoms with Crippen LogP contribution in [0, 0.1) is 12.7 Å². The molecule has 0 saturated heterocycles. The number of carbonyl (C=O) groups excluding carboxylic acids is 1. The quantitative estimate of drug-likeness (QED) is 0.545. The lowest BCUT2D eigenvalue weighted by atomic mass is 10.0. The van der Waals surface area contributed by atoms with Gasteiger partial charge in [-0.2, -0.15) is 4.31 Å². The van der Waals surface area contributed by atoms with E-state index in [0.717, 1.165) is 4.31 Å². The van der Waals surface area contributed by atoms with Crippen LogP contribution in [-0.2, 0) is 21.2 Å². The fourth-order valence-corrected chi connectivity index (χ4v) is 5.08. The predicted octanol–water partition coefficient (Wildman–Crippen LogP) is 4.25. The zero-order chi connectivity index (χ0) is 22.6. The van der Waals surface area contributed by atoms with Gasteiger partial charge in [-0.3, -0.25) is 4.79 Å². The third-order valence-electron chi connectivity index (χ3n) is 4.97. The van der Waals surface area contributed by atoms with Gasteiger partial charge in [0.25, 0.3) is 0 Å². The van der Waals surface area contributed by atoms with Crippen molar-refractivity contribution in [2.75, 3.05) is 6.54 Å². The van der Waals surface area contributed by atoms with Crippen LogP contribution < -0.4 is 5.73 Å². The molecule has 1 unspecified atom stereocenters. The number of rotatable bonds is 8. The summed E-state index contributed by atoms with van der Waals surface area (Å²) in [5.41, 5.74) is 6.89. The Morgan fingerprint density at radius 2 is 1.68 bits per heavy atom. The summed E-state index contributed by atoms with van der Waals surface area (Å²) in [7, 11) is -4.15. The van der Waals surface area contributed by atoms with Crippen LogP contribution in [0.5, 0.6) is 0 Å². The SMILES string of the molecule is Cc1cccc(CCN(C(C(N)=O)c2ccccc2)S(=O)(=O)c2ccc(Cl)cc2)c1F. The fourth-order valence-electron chi connectivity index (χ4n) is 3.37. The lowest BCUT2D eigenvalue weighted by Gasteiger charge is -2.29. The molecule has 0 heterocycles. The Morgan fingerprint density at radius 1 is 1.03 bits per heavy atom. The molecule has 3 rings (SSSR count). The van der Waals surface area contributed by atoms with Crippen LogP contribution in [0.25, 0.3) is 0 Å². The van der Waals surface area contributed by atoms with Gasteiger partial charge in [0.1, 0.15) is 11.9 Å². The summed E-state index contributed by atoms with van der Waals surface area (Å²) in [5.74, 6) is -1.23. The number of nitrogens with two attached hydrogens (primary N) is 1. The second-order valence-corrected chi connectivity index (χ2v) is 9.41. The molecule has 31 heavy (non-hydrogen) atoms. The molecule has 0 fully saturated rings. The van der Waals surface area contributed by atoms with E-state index in [2.05, 4.69) is 0 Å². The van der Waals surface area contributed by atoms with Crippen molar-refractivity contribution in [3.63, 3.8) is 0 Å². The van der Waals surface area contributed by atoms with Gasteiger partial charge in [-0.25, -0.2) is 12.8 Å². The molecule has 0 aliphatic rings. The smallest absolute Gasteiger partial charge is 0.244 e. The summed E-state index contributed by atoms with van der Waals surface area (Å²) in [5, 5.41) is 0.377. The van der Waals surface area contributed by atoms with Crippen LogP contribution in [0.15, 0.2) is 77.7 Å². The Balaban J connectivity index is 2.07. The monoisotopic (exact) mass is 460 g/mol. The summed E-state index contributed by atoms with van der Waals surface area (Å²) in [4.78, 5) is 12.4. The summed E-state index contributed by atoms with van der Waals surface area (Å²) < 4.78 is 42.6. The lowest BCUT2D eigenvalue weighted by molar-refractivity contribution is -0.121. The fraction of sp³-hybridized carbons (Fsp3) is 0.174. The van der Waals surface area contributed by atoms with E-state index in [4.69, 9.17) is 17.3 Å². The molecule has 8 heteroatoms. The van der Waals surface area contributed by atoms with E-state index < -0.39 is 27.8 Å². The van der Waals surface area contributed by atoms with Crippen molar-refractivity contribution in [2.24, 2.45) is 5.73 Å². The largest absolute Gasteiger partial charge is 0.368 e. The highest BCUT2D eigenvalue weighted by atomic mass is 35.5. The Bertz CT molecular complexity index is 1170. The molecule has 1 atom stereocenters. The second-order valence-electron chi connectivity index (χ2n) is 7.08. The van der Waals surface area contributed by atoms with Crippen molar-refractivity contribution in [3.05, 3.63) is 100 Å². The van der Waals surface area contributed by atoms with Crippen molar-refractivity contribution in [2.45, 2.75) is 24.3 Å². The minimum atomic E-state index is -4.15. The molecule has 0 radical (unpaired) electrons. The Labute approximate surface area is 186 Å². The zero-order valence-corrected chi connectivity index (χ0v) is 18.4. The van der Waals surface area contributed by atoms with E-state index >= 15 is 0 Å². The van der Waals surface area contributed by atoms with E-state index in [9.17, 15) is 17.6 Å². The topological polar surface area (TPSA) is 80.5 Å². The Kier molecular flexibility index (Phi) is 7.10. The van der Waals surface area contributed by atoms with Gasteiger partial charge in [-0.15, -0.1) is 0 Å². The standard InChI is InChI=1S/C23H22ClFN2O3S/c1-16-6-5-9-17(21(16)25)14-15-27(22(23(26)28)18-7-3-2-4-8-18)31(29,30)20-12-10-19(24)11-13-20/h2-13,22H,14-15H2,1H3,(H2,26,28). The zero-order valence-electron chi connectivity index (χ0n) is 16.8. The number of halogens is 2. The summed E-state index contributed by atoms with van der Waals surface area (Å²) in [6, 6.07) is 17.7. The number of amides is 1. The number of nitrogens with zero attached hydrogens (tertiary/aromatic N) is 1. The third-order valence-corrected chi connectivity index (χ3v) is 7.10.